The smallest absolute Gasteiger partial charge is 0.159 e. The lowest BCUT2D eigenvalue weighted by Crippen LogP contribution is -2.21. The van der Waals surface area contributed by atoms with Gasteiger partial charge in [-0.2, -0.15) is 5.10 Å². The minimum atomic E-state index is -0.974. The van der Waals surface area contributed by atoms with E-state index in [0.29, 0.717) is 17.3 Å². The topological polar surface area (TPSA) is 50.1 Å². The molecule has 0 saturated carbocycles. The molecule has 0 aliphatic rings. The summed E-state index contributed by atoms with van der Waals surface area (Å²) in [7, 11) is 1.75. The van der Waals surface area contributed by atoms with E-state index >= 15 is 0 Å². The number of rotatable bonds is 5. The summed E-state index contributed by atoms with van der Waals surface area (Å²) >= 11 is 6.09. The lowest BCUT2D eigenvalue weighted by atomic mass is 10.1. The van der Waals surface area contributed by atoms with Crippen molar-refractivity contribution in [3.63, 3.8) is 0 Å². The van der Waals surface area contributed by atoms with Crippen molar-refractivity contribution < 1.29 is 13.9 Å². The van der Waals surface area contributed by atoms with E-state index in [1.807, 2.05) is 6.92 Å². The molecular formula is C14H16ClF2N3O. The number of nitrogens with zero attached hydrogens (tertiary/aromatic N) is 2. The number of nitrogens with one attached hydrogen (secondary N) is 1. The van der Waals surface area contributed by atoms with E-state index in [-0.39, 0.29) is 6.54 Å². The molecule has 2 rings (SSSR count). The van der Waals surface area contributed by atoms with Crippen molar-refractivity contribution in [3.05, 3.63) is 51.8 Å². The number of hydrogen-bond acceptors (Lipinski definition) is 3. The zero-order chi connectivity index (χ0) is 15.6. The first-order valence-corrected chi connectivity index (χ1v) is 6.79. The van der Waals surface area contributed by atoms with Crippen molar-refractivity contribution in [3.8, 4) is 0 Å². The van der Waals surface area contributed by atoms with Gasteiger partial charge in [-0.1, -0.05) is 17.7 Å². The highest BCUT2D eigenvalue weighted by Crippen LogP contribution is 2.19. The first-order valence-electron chi connectivity index (χ1n) is 6.42. The van der Waals surface area contributed by atoms with Crippen LogP contribution in [0.2, 0.25) is 5.15 Å². The number of benzene rings is 1. The van der Waals surface area contributed by atoms with Gasteiger partial charge in [-0.15, -0.1) is 0 Å². The number of hydrogen-bond donors (Lipinski definition) is 2. The predicted molar refractivity (Wildman–Crippen MR) is 76.0 cm³/mol. The first-order chi connectivity index (χ1) is 9.90. The highest BCUT2D eigenvalue weighted by atomic mass is 35.5. The van der Waals surface area contributed by atoms with Crippen LogP contribution in [0.4, 0.5) is 8.78 Å². The highest BCUT2D eigenvalue weighted by molar-refractivity contribution is 6.30. The molecule has 1 heterocycles. The van der Waals surface area contributed by atoms with Gasteiger partial charge < -0.3 is 10.4 Å². The number of aliphatic hydroxyl groups is 1. The zero-order valence-electron chi connectivity index (χ0n) is 11.7. The Bertz CT molecular complexity index is 645. The summed E-state index contributed by atoms with van der Waals surface area (Å²) in [6.07, 6.45) is -0.934. The molecule has 0 aliphatic heterocycles. The first kappa shape index (κ1) is 15.9. The molecule has 1 aromatic carbocycles. The maximum absolute atomic E-state index is 13.1. The summed E-state index contributed by atoms with van der Waals surface area (Å²) < 4.78 is 27.5. The molecule has 0 bridgehead atoms. The Hall–Kier alpha value is -1.50. The molecule has 1 aromatic heterocycles. The summed E-state index contributed by atoms with van der Waals surface area (Å²) in [6, 6.07) is 3.34. The zero-order valence-corrected chi connectivity index (χ0v) is 12.5. The number of aliphatic hydroxyl groups excluding tert-OH is 1. The van der Waals surface area contributed by atoms with E-state index in [4.69, 9.17) is 11.6 Å². The van der Waals surface area contributed by atoms with Crippen LogP contribution in [0, 0.1) is 18.6 Å². The molecule has 21 heavy (non-hydrogen) atoms. The van der Waals surface area contributed by atoms with Crippen LogP contribution in [0.3, 0.4) is 0 Å². The van der Waals surface area contributed by atoms with E-state index < -0.39 is 17.7 Å². The van der Waals surface area contributed by atoms with Crippen molar-refractivity contribution in [1.82, 2.24) is 15.1 Å². The molecule has 0 spiro atoms. The van der Waals surface area contributed by atoms with Crippen LogP contribution in [-0.4, -0.2) is 21.4 Å². The van der Waals surface area contributed by atoms with E-state index in [0.717, 1.165) is 23.4 Å². The fourth-order valence-electron chi connectivity index (χ4n) is 2.05. The molecule has 0 aliphatic carbocycles. The molecule has 1 atom stereocenters. The lowest BCUT2D eigenvalue weighted by Gasteiger charge is -2.12. The van der Waals surface area contributed by atoms with Gasteiger partial charge in [0.1, 0.15) is 5.15 Å². The van der Waals surface area contributed by atoms with Gasteiger partial charge >= 0.3 is 0 Å². The minimum Gasteiger partial charge on any atom is -0.387 e. The Morgan fingerprint density at radius 2 is 2.10 bits per heavy atom. The van der Waals surface area contributed by atoms with Gasteiger partial charge in [0.2, 0.25) is 0 Å². The van der Waals surface area contributed by atoms with Crippen molar-refractivity contribution in [1.29, 1.82) is 0 Å². The Labute approximate surface area is 126 Å². The van der Waals surface area contributed by atoms with Crippen LogP contribution in [0.1, 0.15) is 22.9 Å². The monoisotopic (exact) mass is 315 g/mol. The summed E-state index contributed by atoms with van der Waals surface area (Å²) in [4.78, 5) is 0. The molecule has 0 saturated heterocycles. The SMILES string of the molecule is Cc1nn(C)c(Cl)c1CNC[C@@H](O)c1ccc(F)c(F)c1. The summed E-state index contributed by atoms with van der Waals surface area (Å²) in [5, 5.41) is 17.7. The maximum Gasteiger partial charge on any atom is 0.159 e. The lowest BCUT2D eigenvalue weighted by molar-refractivity contribution is 0.173. The average Bonchev–Trinajstić information content (AvgIpc) is 2.68. The van der Waals surface area contributed by atoms with E-state index in [1.165, 1.54) is 6.07 Å². The van der Waals surface area contributed by atoms with Crippen molar-refractivity contribution >= 4 is 11.6 Å². The van der Waals surface area contributed by atoms with Gasteiger partial charge in [0.25, 0.3) is 0 Å². The van der Waals surface area contributed by atoms with Crippen molar-refractivity contribution in [2.45, 2.75) is 19.6 Å². The number of aryl methyl sites for hydroxylation is 2. The molecule has 2 aromatic rings. The van der Waals surface area contributed by atoms with Gasteiger partial charge in [0.15, 0.2) is 11.6 Å². The Morgan fingerprint density at radius 1 is 1.38 bits per heavy atom. The van der Waals surface area contributed by atoms with Crippen LogP contribution in [-0.2, 0) is 13.6 Å². The minimum absolute atomic E-state index is 0.190. The molecule has 4 nitrogen and oxygen atoms in total. The second-order valence-electron chi connectivity index (χ2n) is 4.80. The van der Waals surface area contributed by atoms with Crippen LogP contribution in [0.5, 0.6) is 0 Å². The van der Waals surface area contributed by atoms with Crippen LogP contribution >= 0.6 is 11.6 Å². The van der Waals surface area contributed by atoms with Crippen molar-refractivity contribution in [2.24, 2.45) is 7.05 Å². The Kier molecular flexibility index (Phi) is 4.92. The normalized spacial score (nSPS) is 12.7. The molecule has 7 heteroatoms. The third kappa shape index (κ3) is 3.58. The maximum atomic E-state index is 13.1. The van der Waals surface area contributed by atoms with Crippen molar-refractivity contribution in [2.75, 3.05) is 6.54 Å². The predicted octanol–water partition coefficient (Wildman–Crippen LogP) is 2.48. The van der Waals surface area contributed by atoms with Gasteiger partial charge in [0, 0.05) is 25.7 Å². The fraction of sp³-hybridized carbons (Fsp3) is 0.357. The van der Waals surface area contributed by atoms with Crippen LogP contribution in [0.25, 0.3) is 0 Å². The molecule has 114 valence electrons. The third-order valence-corrected chi connectivity index (χ3v) is 3.71. The standard InChI is InChI=1S/C14H16ClF2N3O/c1-8-10(14(15)20(2)19-8)6-18-7-13(21)9-3-4-11(16)12(17)5-9/h3-5,13,18,21H,6-7H2,1-2H3/t13-/m1/s1. The molecule has 0 fully saturated rings. The molecular weight excluding hydrogens is 300 g/mol. The molecule has 0 radical (unpaired) electrons. The second-order valence-corrected chi connectivity index (χ2v) is 5.16. The third-order valence-electron chi connectivity index (χ3n) is 3.24. The summed E-state index contributed by atoms with van der Waals surface area (Å²) in [6.45, 7) is 2.46. The second kappa shape index (κ2) is 6.51. The summed E-state index contributed by atoms with van der Waals surface area (Å²) in [5.74, 6) is -1.91. The quantitative estimate of drug-likeness (QED) is 0.891. The highest BCUT2D eigenvalue weighted by Gasteiger charge is 2.13. The van der Waals surface area contributed by atoms with E-state index in [1.54, 1.807) is 11.7 Å². The van der Waals surface area contributed by atoms with Gasteiger partial charge in [-0.25, -0.2) is 8.78 Å². The molecule has 0 amide bonds. The molecule has 0 unspecified atom stereocenters. The largest absolute Gasteiger partial charge is 0.387 e. The van der Waals surface area contributed by atoms with Gasteiger partial charge in [-0.05, 0) is 24.6 Å². The fourth-order valence-corrected chi connectivity index (χ4v) is 2.29. The van der Waals surface area contributed by atoms with E-state index in [2.05, 4.69) is 10.4 Å². The Morgan fingerprint density at radius 3 is 2.67 bits per heavy atom. The number of aromatic nitrogens is 2. The average molecular weight is 316 g/mol. The molecule has 2 N–H and O–H groups in total. The van der Waals surface area contributed by atoms with Crippen LogP contribution in [0.15, 0.2) is 18.2 Å². The summed E-state index contributed by atoms with van der Waals surface area (Å²) in [5.41, 5.74) is 1.96. The number of halogens is 3. The van der Waals surface area contributed by atoms with Gasteiger partial charge in [-0.3, -0.25) is 4.68 Å². The van der Waals surface area contributed by atoms with E-state index in [9.17, 15) is 13.9 Å². The van der Waals surface area contributed by atoms with Gasteiger partial charge in [0.05, 0.1) is 11.8 Å². The Balaban J connectivity index is 1.95. The van der Waals surface area contributed by atoms with Crippen LogP contribution < -0.4 is 5.32 Å².